The highest BCUT2D eigenvalue weighted by molar-refractivity contribution is 6.31. The van der Waals surface area contributed by atoms with Crippen molar-refractivity contribution in [2.75, 3.05) is 0 Å². The first-order valence-electron chi connectivity index (χ1n) is 4.88. The van der Waals surface area contributed by atoms with Crippen LogP contribution in [0.2, 0.25) is 10.0 Å². The Hall–Kier alpha value is -1.24. The Morgan fingerprint density at radius 1 is 0.875 bits per heavy atom. The second-order valence-electron chi connectivity index (χ2n) is 3.49. The highest BCUT2D eigenvalue weighted by Gasteiger charge is 2.01. The van der Waals surface area contributed by atoms with E-state index in [1.165, 1.54) is 0 Å². The molecule has 0 heterocycles. The topological polar surface area (TPSA) is 0 Å². The smallest absolute Gasteiger partial charge is 0.0418 e. The van der Waals surface area contributed by atoms with E-state index in [4.69, 9.17) is 23.2 Å². The predicted molar refractivity (Wildman–Crippen MR) is 72.0 cm³/mol. The maximum atomic E-state index is 6.04. The van der Waals surface area contributed by atoms with Gasteiger partial charge < -0.3 is 0 Å². The summed E-state index contributed by atoms with van der Waals surface area (Å²) in [5, 5.41) is 1.42. The van der Waals surface area contributed by atoms with Crippen LogP contribution in [-0.4, -0.2) is 0 Å². The molecular weight excluding hydrogens is 239 g/mol. The van der Waals surface area contributed by atoms with Crippen molar-refractivity contribution in [2.24, 2.45) is 0 Å². The van der Waals surface area contributed by atoms with E-state index < -0.39 is 0 Å². The monoisotopic (exact) mass is 248 g/mol. The van der Waals surface area contributed by atoms with Crippen molar-refractivity contribution in [3.05, 3.63) is 64.7 Å². The SMILES string of the molecule is C=Cc1cc(Cl)cc(-c2cccc(Cl)c2)c1. The fraction of sp³-hybridized carbons (Fsp3) is 0. The van der Waals surface area contributed by atoms with Crippen LogP contribution >= 0.6 is 23.2 Å². The van der Waals surface area contributed by atoms with Crippen molar-refractivity contribution in [3.8, 4) is 11.1 Å². The molecule has 2 rings (SSSR count). The Balaban J connectivity index is 2.55. The van der Waals surface area contributed by atoms with E-state index in [0.29, 0.717) is 5.02 Å². The summed E-state index contributed by atoms with van der Waals surface area (Å²) in [5.74, 6) is 0. The molecule has 0 amide bonds. The van der Waals surface area contributed by atoms with Gasteiger partial charge in [-0.3, -0.25) is 0 Å². The molecule has 0 aliphatic rings. The molecule has 0 aromatic heterocycles. The number of halogens is 2. The van der Waals surface area contributed by atoms with Gasteiger partial charge in [0.2, 0.25) is 0 Å². The first kappa shape index (κ1) is 11.3. The highest BCUT2D eigenvalue weighted by Crippen LogP contribution is 2.27. The first-order valence-corrected chi connectivity index (χ1v) is 5.63. The van der Waals surface area contributed by atoms with E-state index in [1.807, 2.05) is 42.5 Å². The molecule has 0 saturated carbocycles. The van der Waals surface area contributed by atoms with Crippen LogP contribution in [0.5, 0.6) is 0 Å². The zero-order valence-corrected chi connectivity index (χ0v) is 10.1. The van der Waals surface area contributed by atoms with Gasteiger partial charge in [-0.2, -0.15) is 0 Å². The summed E-state index contributed by atoms with van der Waals surface area (Å²) in [7, 11) is 0. The van der Waals surface area contributed by atoms with Crippen molar-refractivity contribution >= 4 is 29.3 Å². The average Bonchev–Trinajstić information content (AvgIpc) is 2.28. The van der Waals surface area contributed by atoms with Crippen molar-refractivity contribution in [1.82, 2.24) is 0 Å². The van der Waals surface area contributed by atoms with E-state index in [2.05, 4.69) is 6.58 Å². The zero-order chi connectivity index (χ0) is 11.5. The van der Waals surface area contributed by atoms with Crippen molar-refractivity contribution in [1.29, 1.82) is 0 Å². The maximum Gasteiger partial charge on any atom is 0.0418 e. The Morgan fingerprint density at radius 2 is 1.62 bits per heavy atom. The van der Waals surface area contributed by atoms with Crippen LogP contribution in [0.4, 0.5) is 0 Å². The molecule has 0 unspecified atom stereocenters. The zero-order valence-electron chi connectivity index (χ0n) is 8.58. The van der Waals surface area contributed by atoms with Gasteiger partial charge in [0.25, 0.3) is 0 Å². The van der Waals surface area contributed by atoms with E-state index in [9.17, 15) is 0 Å². The third kappa shape index (κ3) is 2.46. The lowest BCUT2D eigenvalue weighted by atomic mass is 10.0. The standard InChI is InChI=1S/C14H10Cl2/c1-2-10-6-12(9-14(16)7-10)11-4-3-5-13(15)8-11/h2-9H,1H2. The van der Waals surface area contributed by atoms with Gasteiger partial charge in [-0.1, -0.05) is 48.0 Å². The molecule has 80 valence electrons. The molecule has 0 radical (unpaired) electrons. The van der Waals surface area contributed by atoms with E-state index >= 15 is 0 Å². The van der Waals surface area contributed by atoms with Crippen LogP contribution in [0, 0.1) is 0 Å². The van der Waals surface area contributed by atoms with Gasteiger partial charge in [-0.25, -0.2) is 0 Å². The van der Waals surface area contributed by atoms with E-state index in [-0.39, 0.29) is 0 Å². The molecule has 2 heteroatoms. The summed E-state index contributed by atoms with van der Waals surface area (Å²) in [6.07, 6.45) is 1.78. The van der Waals surface area contributed by atoms with Crippen molar-refractivity contribution in [3.63, 3.8) is 0 Å². The first-order chi connectivity index (χ1) is 7.69. The van der Waals surface area contributed by atoms with Gasteiger partial charge in [0.15, 0.2) is 0 Å². The third-order valence-electron chi connectivity index (χ3n) is 2.31. The van der Waals surface area contributed by atoms with Crippen LogP contribution in [0.25, 0.3) is 17.2 Å². The predicted octanol–water partition coefficient (Wildman–Crippen LogP) is 5.30. The molecule has 0 atom stereocenters. The molecule has 0 N–H and O–H groups in total. The minimum Gasteiger partial charge on any atom is -0.0985 e. The molecule has 0 fully saturated rings. The molecule has 0 aliphatic heterocycles. The summed E-state index contributed by atoms with van der Waals surface area (Å²) in [4.78, 5) is 0. The molecule has 0 saturated heterocycles. The van der Waals surface area contributed by atoms with E-state index in [1.54, 1.807) is 6.08 Å². The highest BCUT2D eigenvalue weighted by atomic mass is 35.5. The van der Waals surface area contributed by atoms with Crippen LogP contribution in [0.15, 0.2) is 49.0 Å². The molecule has 2 aromatic carbocycles. The van der Waals surface area contributed by atoms with Gasteiger partial charge >= 0.3 is 0 Å². The molecule has 2 aromatic rings. The normalized spacial score (nSPS) is 10.1. The van der Waals surface area contributed by atoms with E-state index in [0.717, 1.165) is 21.7 Å². The fourth-order valence-corrected chi connectivity index (χ4v) is 2.00. The molecule has 0 aliphatic carbocycles. The lowest BCUT2D eigenvalue weighted by Crippen LogP contribution is -1.80. The quantitative estimate of drug-likeness (QED) is 0.677. The third-order valence-corrected chi connectivity index (χ3v) is 2.77. The van der Waals surface area contributed by atoms with Crippen LogP contribution < -0.4 is 0 Å². The lowest BCUT2D eigenvalue weighted by molar-refractivity contribution is 1.60. The minimum atomic E-state index is 0.701. The molecule has 0 bridgehead atoms. The molecule has 0 spiro atoms. The van der Waals surface area contributed by atoms with Gasteiger partial charge in [0, 0.05) is 10.0 Å². The Morgan fingerprint density at radius 3 is 2.31 bits per heavy atom. The minimum absolute atomic E-state index is 0.701. The van der Waals surface area contributed by atoms with Gasteiger partial charge in [-0.15, -0.1) is 0 Å². The summed E-state index contributed by atoms with van der Waals surface area (Å²) in [6.45, 7) is 3.74. The number of hydrogen-bond acceptors (Lipinski definition) is 0. The number of rotatable bonds is 2. The second kappa shape index (κ2) is 4.73. The number of hydrogen-bond donors (Lipinski definition) is 0. The summed E-state index contributed by atoms with van der Waals surface area (Å²) < 4.78 is 0. The van der Waals surface area contributed by atoms with Gasteiger partial charge in [0.05, 0.1) is 0 Å². The van der Waals surface area contributed by atoms with Crippen molar-refractivity contribution in [2.45, 2.75) is 0 Å². The summed E-state index contributed by atoms with van der Waals surface area (Å²) in [6, 6.07) is 13.5. The molecule has 0 nitrogen and oxygen atoms in total. The average molecular weight is 249 g/mol. The van der Waals surface area contributed by atoms with Crippen LogP contribution in [-0.2, 0) is 0 Å². The van der Waals surface area contributed by atoms with Crippen molar-refractivity contribution < 1.29 is 0 Å². The Labute approximate surface area is 105 Å². The second-order valence-corrected chi connectivity index (χ2v) is 4.36. The fourth-order valence-electron chi connectivity index (χ4n) is 1.56. The summed E-state index contributed by atoms with van der Waals surface area (Å²) in [5.41, 5.74) is 3.10. The maximum absolute atomic E-state index is 6.04. The largest absolute Gasteiger partial charge is 0.0985 e. The van der Waals surface area contributed by atoms with Crippen LogP contribution in [0.1, 0.15) is 5.56 Å². The van der Waals surface area contributed by atoms with Crippen LogP contribution in [0.3, 0.4) is 0 Å². The Bertz CT molecular complexity index is 530. The number of benzene rings is 2. The van der Waals surface area contributed by atoms with Gasteiger partial charge in [0.1, 0.15) is 0 Å². The lowest BCUT2D eigenvalue weighted by Gasteiger charge is -2.05. The van der Waals surface area contributed by atoms with Gasteiger partial charge in [-0.05, 0) is 47.0 Å². The summed E-state index contributed by atoms with van der Waals surface area (Å²) >= 11 is 12.0. The molecular formula is C14H10Cl2. The Kier molecular flexibility index (Phi) is 3.33. The molecule has 16 heavy (non-hydrogen) atoms.